The fourth-order valence-corrected chi connectivity index (χ4v) is 1.81. The van der Waals surface area contributed by atoms with Gasteiger partial charge in [-0.3, -0.25) is 5.43 Å². The molecule has 94 valence electrons. The Morgan fingerprint density at radius 1 is 0.895 bits per heavy atom. The summed E-state index contributed by atoms with van der Waals surface area (Å²) in [7, 11) is 0. The lowest BCUT2D eigenvalue weighted by atomic mass is 10.2. The predicted octanol–water partition coefficient (Wildman–Crippen LogP) is 3.41. The van der Waals surface area contributed by atoms with Gasteiger partial charge in [0.05, 0.1) is 12.4 Å². The zero-order chi connectivity index (χ0) is 12.9. The number of nitrogens with zero attached hydrogens (tertiary/aromatic N) is 1. The third-order valence-corrected chi connectivity index (χ3v) is 2.78. The molecule has 3 heteroatoms. The Morgan fingerprint density at radius 3 is 2.32 bits per heavy atom. The Labute approximate surface area is 112 Å². The summed E-state index contributed by atoms with van der Waals surface area (Å²) >= 11 is 0. The molecule has 1 heterocycles. The van der Waals surface area contributed by atoms with Crippen LogP contribution in [0.15, 0.2) is 73.1 Å². The van der Waals surface area contributed by atoms with Crippen molar-refractivity contribution in [2.45, 2.75) is 0 Å². The maximum atomic E-state index is 5.67. The predicted molar refractivity (Wildman–Crippen MR) is 76.0 cm³/mol. The van der Waals surface area contributed by atoms with Crippen LogP contribution in [0, 0.1) is 0 Å². The van der Waals surface area contributed by atoms with Crippen molar-refractivity contribution in [2.75, 3.05) is 0 Å². The van der Waals surface area contributed by atoms with Crippen molar-refractivity contribution in [1.82, 2.24) is 10.6 Å². The number of benzene rings is 2. The van der Waals surface area contributed by atoms with Crippen molar-refractivity contribution >= 4 is 11.8 Å². The van der Waals surface area contributed by atoms with Crippen LogP contribution in [0.5, 0.6) is 0 Å². The van der Waals surface area contributed by atoms with E-state index in [4.69, 9.17) is 4.84 Å². The second-order valence-corrected chi connectivity index (χ2v) is 4.15. The van der Waals surface area contributed by atoms with Crippen molar-refractivity contribution in [2.24, 2.45) is 0 Å². The van der Waals surface area contributed by atoms with Crippen LogP contribution in [0.25, 0.3) is 11.8 Å². The van der Waals surface area contributed by atoms with Gasteiger partial charge in [0, 0.05) is 5.56 Å². The molecule has 1 aliphatic rings. The van der Waals surface area contributed by atoms with Gasteiger partial charge in [-0.2, -0.15) is 0 Å². The molecule has 0 fully saturated rings. The highest BCUT2D eigenvalue weighted by Crippen LogP contribution is 2.20. The normalized spacial score (nSPS) is 14.1. The van der Waals surface area contributed by atoms with Crippen LogP contribution < -0.4 is 5.43 Å². The van der Waals surface area contributed by atoms with Crippen molar-refractivity contribution < 1.29 is 4.84 Å². The maximum absolute atomic E-state index is 5.67. The van der Waals surface area contributed by atoms with Gasteiger partial charge in [0.25, 0.3) is 0 Å². The quantitative estimate of drug-likeness (QED) is 0.903. The summed E-state index contributed by atoms with van der Waals surface area (Å²) in [6.07, 6.45) is 5.67. The summed E-state index contributed by atoms with van der Waals surface area (Å²) in [5.41, 5.74) is 5.21. The average molecular weight is 250 g/mol. The van der Waals surface area contributed by atoms with Crippen LogP contribution in [0.1, 0.15) is 11.1 Å². The van der Waals surface area contributed by atoms with E-state index in [2.05, 4.69) is 5.43 Å². The molecule has 0 spiro atoms. The van der Waals surface area contributed by atoms with E-state index >= 15 is 0 Å². The molecular weight excluding hydrogens is 236 g/mol. The summed E-state index contributed by atoms with van der Waals surface area (Å²) in [4.78, 5) is 5.67. The third-order valence-electron chi connectivity index (χ3n) is 2.78. The fourth-order valence-electron chi connectivity index (χ4n) is 1.81. The summed E-state index contributed by atoms with van der Waals surface area (Å²) in [5.74, 6) is 0.804. The molecule has 0 aliphatic carbocycles. The zero-order valence-corrected chi connectivity index (χ0v) is 10.4. The smallest absolute Gasteiger partial charge is 0.182 e. The van der Waals surface area contributed by atoms with E-state index in [0.717, 1.165) is 16.9 Å². The van der Waals surface area contributed by atoms with Crippen LogP contribution in [0.2, 0.25) is 0 Å². The largest absolute Gasteiger partial charge is 0.358 e. The van der Waals surface area contributed by atoms with Crippen LogP contribution in [0.4, 0.5) is 0 Å². The lowest BCUT2D eigenvalue weighted by molar-refractivity contribution is -0.0493. The Balaban J connectivity index is 1.64. The number of rotatable bonds is 3. The second kappa shape index (κ2) is 5.31. The number of nitrogens with one attached hydrogen (secondary N) is 1. The Bertz CT molecular complexity index is 591. The highest BCUT2D eigenvalue weighted by Gasteiger charge is 2.13. The zero-order valence-electron chi connectivity index (χ0n) is 10.4. The van der Waals surface area contributed by atoms with Gasteiger partial charge < -0.3 is 4.84 Å². The SMILES string of the molecule is C1=C(c2ccccc2)ON(/C=C/c2ccccc2)N1. The second-order valence-electron chi connectivity index (χ2n) is 4.15. The number of hydrazine groups is 1. The number of hydroxylamine groups is 1. The summed E-state index contributed by atoms with van der Waals surface area (Å²) in [6.45, 7) is 0. The standard InChI is InChI=1S/C16H14N2O/c1-3-7-14(8-4-1)11-12-18-17-13-16(19-18)15-9-5-2-6-10-15/h1-13,17H/b12-11+. The fraction of sp³-hybridized carbons (Fsp3) is 0. The molecule has 0 unspecified atom stereocenters. The molecule has 0 amide bonds. The molecule has 19 heavy (non-hydrogen) atoms. The van der Waals surface area contributed by atoms with Crippen molar-refractivity contribution in [3.8, 4) is 0 Å². The first-order chi connectivity index (χ1) is 9.42. The minimum absolute atomic E-state index is 0.804. The lowest BCUT2D eigenvalue weighted by Crippen LogP contribution is -2.21. The van der Waals surface area contributed by atoms with Crippen molar-refractivity contribution in [3.63, 3.8) is 0 Å². The van der Waals surface area contributed by atoms with E-state index in [1.54, 1.807) is 5.17 Å². The summed E-state index contributed by atoms with van der Waals surface area (Å²) in [5, 5.41) is 1.58. The van der Waals surface area contributed by atoms with E-state index in [0.29, 0.717) is 0 Å². The van der Waals surface area contributed by atoms with Gasteiger partial charge in [-0.25, -0.2) is 0 Å². The molecule has 1 aliphatic heterocycles. The number of hydrogen-bond donors (Lipinski definition) is 1. The van der Waals surface area contributed by atoms with E-state index in [9.17, 15) is 0 Å². The molecule has 0 atom stereocenters. The van der Waals surface area contributed by atoms with Gasteiger partial charge in [0.1, 0.15) is 0 Å². The van der Waals surface area contributed by atoms with Gasteiger partial charge in [-0.15, -0.1) is 5.17 Å². The molecule has 0 saturated carbocycles. The van der Waals surface area contributed by atoms with Crippen molar-refractivity contribution in [1.29, 1.82) is 0 Å². The topological polar surface area (TPSA) is 24.5 Å². The van der Waals surface area contributed by atoms with Gasteiger partial charge in [-0.05, 0) is 11.6 Å². The lowest BCUT2D eigenvalue weighted by Gasteiger charge is -2.12. The van der Waals surface area contributed by atoms with Crippen molar-refractivity contribution in [3.05, 3.63) is 84.2 Å². The van der Waals surface area contributed by atoms with E-state index in [1.807, 2.05) is 79.1 Å². The Morgan fingerprint density at radius 2 is 1.58 bits per heavy atom. The Kier molecular flexibility index (Phi) is 3.19. The van der Waals surface area contributed by atoms with Gasteiger partial charge in [-0.1, -0.05) is 60.7 Å². The Hall–Kier alpha value is -2.68. The van der Waals surface area contributed by atoms with Crippen LogP contribution >= 0.6 is 0 Å². The highest BCUT2D eigenvalue weighted by atomic mass is 16.7. The molecular formula is C16H14N2O. The minimum atomic E-state index is 0.804. The first-order valence-corrected chi connectivity index (χ1v) is 6.14. The molecule has 0 aromatic heterocycles. The summed E-state index contributed by atoms with van der Waals surface area (Å²) < 4.78 is 0. The van der Waals surface area contributed by atoms with Crippen LogP contribution in [-0.2, 0) is 4.84 Å². The average Bonchev–Trinajstić information content (AvgIpc) is 2.96. The first kappa shape index (κ1) is 11.4. The summed E-state index contributed by atoms with van der Waals surface area (Å²) in [6, 6.07) is 20.1. The molecule has 0 radical (unpaired) electrons. The van der Waals surface area contributed by atoms with Crippen LogP contribution in [0.3, 0.4) is 0 Å². The van der Waals surface area contributed by atoms with Gasteiger partial charge in [0.2, 0.25) is 0 Å². The molecule has 0 bridgehead atoms. The van der Waals surface area contributed by atoms with E-state index in [-0.39, 0.29) is 0 Å². The van der Waals surface area contributed by atoms with Crippen LogP contribution in [-0.4, -0.2) is 5.17 Å². The van der Waals surface area contributed by atoms with E-state index in [1.165, 1.54) is 0 Å². The van der Waals surface area contributed by atoms with E-state index < -0.39 is 0 Å². The highest BCUT2D eigenvalue weighted by molar-refractivity contribution is 5.60. The molecule has 2 aromatic carbocycles. The van der Waals surface area contributed by atoms with Gasteiger partial charge >= 0.3 is 0 Å². The van der Waals surface area contributed by atoms with Gasteiger partial charge in [0.15, 0.2) is 5.76 Å². The molecule has 3 nitrogen and oxygen atoms in total. The first-order valence-electron chi connectivity index (χ1n) is 6.14. The molecule has 0 saturated heterocycles. The molecule has 3 rings (SSSR count). The molecule has 2 aromatic rings. The number of hydrogen-bond acceptors (Lipinski definition) is 3. The monoisotopic (exact) mass is 250 g/mol. The minimum Gasteiger partial charge on any atom is -0.358 e. The molecule has 1 N–H and O–H groups in total. The maximum Gasteiger partial charge on any atom is 0.182 e. The third kappa shape index (κ3) is 2.77.